The zero-order chi connectivity index (χ0) is 17.1. The molecule has 1 fully saturated rings. The average Bonchev–Trinajstić information content (AvgIpc) is 2.49. The minimum absolute atomic E-state index is 0.00746. The molecule has 1 aliphatic rings. The molecule has 0 saturated carbocycles. The van der Waals surface area contributed by atoms with Crippen molar-refractivity contribution < 1.29 is 9.59 Å². The highest BCUT2D eigenvalue weighted by atomic mass is 32.1. The lowest BCUT2D eigenvalue weighted by molar-refractivity contribution is -0.128. The predicted molar refractivity (Wildman–Crippen MR) is 96.3 cm³/mol. The lowest BCUT2D eigenvalue weighted by atomic mass is 10.1. The lowest BCUT2D eigenvalue weighted by Crippen LogP contribution is -2.53. The van der Waals surface area contributed by atoms with E-state index in [4.69, 9.17) is 24.4 Å². The molecule has 1 aliphatic heterocycles. The van der Waals surface area contributed by atoms with Crippen LogP contribution < -0.4 is 5.32 Å². The number of nitrogens with zero attached hydrogens (tertiary/aromatic N) is 2. The third-order valence-electron chi connectivity index (χ3n) is 3.36. The minimum atomic E-state index is -0.519. The van der Waals surface area contributed by atoms with Crippen LogP contribution in [0.2, 0.25) is 0 Å². The van der Waals surface area contributed by atoms with Gasteiger partial charge in [0.05, 0.1) is 0 Å². The molecule has 1 N–H and O–H groups in total. The highest BCUT2D eigenvalue weighted by Gasteiger charge is 2.32. The van der Waals surface area contributed by atoms with Crippen LogP contribution >= 0.6 is 24.4 Å². The topological polar surface area (TPSA) is 54.3 Å². The molecular weight excluding hydrogens is 330 g/mol. The van der Waals surface area contributed by atoms with Gasteiger partial charge in [-0.3, -0.25) is 19.8 Å². The summed E-state index contributed by atoms with van der Waals surface area (Å²) in [5, 5.41) is 2.60. The van der Waals surface area contributed by atoms with Crippen molar-refractivity contribution in [3.05, 3.63) is 46.8 Å². The molecule has 0 aliphatic carbocycles. The third-order valence-corrected chi connectivity index (χ3v) is 4.13. The van der Waals surface area contributed by atoms with Gasteiger partial charge in [-0.1, -0.05) is 24.4 Å². The van der Waals surface area contributed by atoms with Crippen molar-refractivity contribution in [2.24, 2.45) is 0 Å². The van der Waals surface area contributed by atoms with E-state index in [9.17, 15) is 9.59 Å². The number of rotatable bonds is 4. The van der Waals surface area contributed by atoms with Crippen molar-refractivity contribution in [2.45, 2.75) is 19.9 Å². The standard InChI is InChI=1S/C16H17N3O2S2/c1-4-7-19-14(21)12(13(20)17-16(19)23)9-11-6-5-8-18(10(2)3)15(11)22/h4-6,8-10H,1,7H2,2-3H3,(H,17,20,23). The highest BCUT2D eigenvalue weighted by Crippen LogP contribution is 2.17. The van der Waals surface area contributed by atoms with Gasteiger partial charge in [-0.25, -0.2) is 0 Å². The van der Waals surface area contributed by atoms with Crippen LogP contribution in [-0.2, 0) is 9.59 Å². The van der Waals surface area contributed by atoms with Crippen molar-refractivity contribution in [3.8, 4) is 0 Å². The summed E-state index contributed by atoms with van der Waals surface area (Å²) in [5.41, 5.74) is 0.647. The highest BCUT2D eigenvalue weighted by molar-refractivity contribution is 7.80. The van der Waals surface area contributed by atoms with Crippen LogP contribution in [0.15, 0.2) is 36.6 Å². The SMILES string of the molecule is C=CCN1C(=O)C(=Cc2cccn(C(C)C)c2=S)C(=O)NC1=S. The predicted octanol–water partition coefficient (Wildman–Crippen LogP) is 2.61. The van der Waals surface area contributed by atoms with Crippen LogP contribution in [-0.4, -0.2) is 32.9 Å². The molecule has 2 rings (SSSR count). The van der Waals surface area contributed by atoms with E-state index < -0.39 is 11.8 Å². The zero-order valence-corrected chi connectivity index (χ0v) is 14.5. The number of carbonyl (C=O) groups excluding carboxylic acids is 2. The molecule has 0 aromatic carbocycles. The van der Waals surface area contributed by atoms with Gasteiger partial charge in [-0.15, -0.1) is 6.58 Å². The Balaban J connectivity index is 2.49. The van der Waals surface area contributed by atoms with E-state index in [-0.39, 0.29) is 23.3 Å². The Labute approximate surface area is 145 Å². The molecule has 23 heavy (non-hydrogen) atoms. The van der Waals surface area contributed by atoms with Gasteiger partial charge in [-0.05, 0) is 38.2 Å². The molecule has 0 unspecified atom stereocenters. The second kappa shape index (κ2) is 6.97. The van der Waals surface area contributed by atoms with Gasteiger partial charge in [0.15, 0.2) is 5.11 Å². The zero-order valence-electron chi connectivity index (χ0n) is 12.9. The number of carbonyl (C=O) groups is 2. The first-order chi connectivity index (χ1) is 10.9. The van der Waals surface area contributed by atoms with E-state index in [0.29, 0.717) is 10.2 Å². The summed E-state index contributed by atoms with van der Waals surface area (Å²) in [6.45, 7) is 7.84. The number of hydrogen-bond donors (Lipinski definition) is 1. The number of pyridine rings is 1. The molecule has 2 amide bonds. The molecule has 1 aromatic heterocycles. The molecule has 1 aromatic rings. The van der Waals surface area contributed by atoms with Crippen molar-refractivity contribution >= 4 is 47.4 Å². The monoisotopic (exact) mass is 347 g/mol. The smallest absolute Gasteiger partial charge is 0.265 e. The number of hydrogen-bond acceptors (Lipinski definition) is 4. The van der Waals surface area contributed by atoms with Crippen LogP contribution in [0.3, 0.4) is 0 Å². The van der Waals surface area contributed by atoms with Crippen molar-refractivity contribution in [3.63, 3.8) is 0 Å². The molecule has 0 bridgehead atoms. The first kappa shape index (κ1) is 17.2. The fraction of sp³-hybridized carbons (Fsp3) is 0.250. The van der Waals surface area contributed by atoms with Crippen LogP contribution in [0.4, 0.5) is 0 Å². The van der Waals surface area contributed by atoms with Crippen molar-refractivity contribution in [2.75, 3.05) is 6.54 Å². The largest absolute Gasteiger partial charge is 0.336 e. The number of nitrogens with one attached hydrogen (secondary N) is 1. The van der Waals surface area contributed by atoms with E-state index in [0.717, 1.165) is 0 Å². The number of amides is 2. The first-order valence-corrected chi connectivity index (χ1v) is 7.89. The van der Waals surface area contributed by atoms with Crippen LogP contribution in [0.5, 0.6) is 0 Å². The fourth-order valence-corrected chi connectivity index (χ4v) is 2.84. The van der Waals surface area contributed by atoms with E-state index >= 15 is 0 Å². The Morgan fingerprint density at radius 2 is 2.04 bits per heavy atom. The van der Waals surface area contributed by atoms with Gasteiger partial charge >= 0.3 is 0 Å². The van der Waals surface area contributed by atoms with Crippen molar-refractivity contribution in [1.82, 2.24) is 14.8 Å². The summed E-state index contributed by atoms with van der Waals surface area (Å²) >= 11 is 10.5. The van der Waals surface area contributed by atoms with E-state index in [1.54, 1.807) is 12.1 Å². The van der Waals surface area contributed by atoms with E-state index in [1.165, 1.54) is 11.0 Å². The molecule has 0 spiro atoms. The maximum atomic E-state index is 12.5. The molecule has 1 saturated heterocycles. The second-order valence-corrected chi connectivity index (χ2v) is 6.06. The summed E-state index contributed by atoms with van der Waals surface area (Å²) < 4.78 is 2.47. The quantitative estimate of drug-likeness (QED) is 0.394. The van der Waals surface area contributed by atoms with Crippen molar-refractivity contribution in [1.29, 1.82) is 0 Å². The Hall–Kier alpha value is -2.12. The van der Waals surface area contributed by atoms with Crippen LogP contribution in [0, 0.1) is 4.64 Å². The van der Waals surface area contributed by atoms with Gasteiger partial charge in [0.1, 0.15) is 10.2 Å². The molecule has 0 radical (unpaired) electrons. The summed E-state index contributed by atoms with van der Waals surface area (Å²) in [5.74, 6) is -0.970. The summed E-state index contributed by atoms with van der Waals surface area (Å²) in [4.78, 5) is 25.9. The van der Waals surface area contributed by atoms with Crippen LogP contribution in [0.25, 0.3) is 6.08 Å². The maximum absolute atomic E-state index is 12.5. The Bertz CT molecular complexity index is 778. The third kappa shape index (κ3) is 3.46. The summed E-state index contributed by atoms with van der Waals surface area (Å²) in [7, 11) is 0. The Morgan fingerprint density at radius 3 is 2.65 bits per heavy atom. The molecule has 120 valence electrons. The lowest BCUT2D eigenvalue weighted by Gasteiger charge is -2.27. The van der Waals surface area contributed by atoms with Crippen LogP contribution in [0.1, 0.15) is 25.5 Å². The van der Waals surface area contributed by atoms with Gasteiger partial charge in [-0.2, -0.15) is 0 Å². The number of thiocarbonyl (C=S) groups is 1. The average molecular weight is 347 g/mol. The maximum Gasteiger partial charge on any atom is 0.265 e. The van der Waals surface area contributed by atoms with Gasteiger partial charge in [0, 0.05) is 24.3 Å². The number of aromatic nitrogens is 1. The summed E-state index contributed by atoms with van der Waals surface area (Å²) in [6.07, 6.45) is 4.93. The van der Waals surface area contributed by atoms with Gasteiger partial charge in [0.2, 0.25) is 0 Å². The van der Waals surface area contributed by atoms with E-state index in [2.05, 4.69) is 11.9 Å². The normalized spacial score (nSPS) is 16.9. The van der Waals surface area contributed by atoms with Gasteiger partial charge < -0.3 is 4.57 Å². The molecule has 7 heteroatoms. The fourth-order valence-electron chi connectivity index (χ4n) is 2.19. The Kier molecular flexibility index (Phi) is 5.23. The minimum Gasteiger partial charge on any atom is -0.336 e. The Morgan fingerprint density at radius 1 is 1.35 bits per heavy atom. The van der Waals surface area contributed by atoms with Gasteiger partial charge in [0.25, 0.3) is 11.8 Å². The van der Waals surface area contributed by atoms with E-state index in [1.807, 2.05) is 30.7 Å². The molecule has 0 atom stereocenters. The molecular formula is C16H17N3O2S2. The first-order valence-electron chi connectivity index (χ1n) is 7.07. The summed E-state index contributed by atoms with van der Waals surface area (Å²) in [6, 6.07) is 3.79. The molecule has 5 nitrogen and oxygen atoms in total. The second-order valence-electron chi connectivity index (χ2n) is 5.29. The molecule has 2 heterocycles.